The molecule has 274 valence electrons. The first-order chi connectivity index (χ1) is 28.8. The highest BCUT2D eigenvalue weighted by atomic mass is 16.3. The molecule has 0 amide bonds. The minimum atomic E-state index is 0.556. The second-order valence-electron chi connectivity index (χ2n) is 16.7. The number of hydrogen-bond acceptors (Lipinski definition) is 2. The van der Waals surface area contributed by atoms with Crippen molar-refractivity contribution < 1.29 is 4.42 Å². The highest BCUT2D eigenvalue weighted by molar-refractivity contribution is 6.29. The molecule has 0 atom stereocenters. The van der Waals surface area contributed by atoms with E-state index in [9.17, 15) is 0 Å². The Morgan fingerprint density at radius 3 is 1.67 bits per heavy atom. The van der Waals surface area contributed by atoms with E-state index in [1.165, 1.54) is 125 Å². The Balaban J connectivity index is 1.01. The summed E-state index contributed by atoms with van der Waals surface area (Å²) in [6, 6.07) is 58.6. The van der Waals surface area contributed by atoms with Crippen molar-refractivity contribution in [3.05, 3.63) is 163 Å². The summed E-state index contributed by atoms with van der Waals surface area (Å²) in [5.74, 6) is 0.556. The Bertz CT molecular complexity index is 3780. The van der Waals surface area contributed by atoms with Crippen LogP contribution in [0.3, 0.4) is 0 Å². The fourth-order valence-electron chi connectivity index (χ4n) is 11.3. The lowest BCUT2D eigenvalue weighted by molar-refractivity contribution is 0.442. The Kier molecular flexibility index (Phi) is 6.06. The molecule has 58 heavy (non-hydrogen) atoms. The SMILES string of the molecule is c1ccc(N(c2ccc3c(c2)c2cccc4c5cc6c(cc5n3c24)c2cccc3c4ccccc4n6c32)c2cccc3c2oc2c(C4CCCCC4)cccc23)cc1. The molecule has 1 saturated carbocycles. The Labute approximate surface area is 333 Å². The van der Waals surface area contributed by atoms with Gasteiger partial charge in [-0.25, -0.2) is 0 Å². The summed E-state index contributed by atoms with van der Waals surface area (Å²) in [6.07, 6.45) is 6.41. The number of furan rings is 1. The molecule has 0 saturated heterocycles. The minimum absolute atomic E-state index is 0.556. The largest absolute Gasteiger partial charge is 0.454 e. The zero-order chi connectivity index (χ0) is 37.6. The number of anilines is 3. The van der Waals surface area contributed by atoms with Gasteiger partial charge in [0.1, 0.15) is 5.58 Å². The van der Waals surface area contributed by atoms with Gasteiger partial charge in [-0.1, -0.05) is 122 Å². The van der Waals surface area contributed by atoms with Gasteiger partial charge in [0, 0.05) is 65.2 Å². The van der Waals surface area contributed by atoms with Gasteiger partial charge >= 0.3 is 0 Å². The molecule has 1 aliphatic rings. The lowest BCUT2D eigenvalue weighted by atomic mass is 9.83. The average Bonchev–Trinajstić information content (AvgIpc) is 4.08. The molecule has 0 spiro atoms. The number of aromatic nitrogens is 2. The molecular weight excluding hydrogens is 707 g/mol. The van der Waals surface area contributed by atoms with Gasteiger partial charge in [0.25, 0.3) is 0 Å². The third kappa shape index (κ3) is 3.94. The van der Waals surface area contributed by atoms with E-state index < -0.39 is 0 Å². The molecule has 0 bridgehead atoms. The van der Waals surface area contributed by atoms with Crippen molar-refractivity contribution in [2.75, 3.05) is 4.90 Å². The first kappa shape index (κ1) is 31.1. The van der Waals surface area contributed by atoms with E-state index in [0.29, 0.717) is 5.92 Å². The summed E-state index contributed by atoms with van der Waals surface area (Å²) in [5.41, 5.74) is 14.2. The van der Waals surface area contributed by atoms with Gasteiger partial charge in [0.05, 0.1) is 38.8 Å². The van der Waals surface area contributed by atoms with Crippen LogP contribution in [0.5, 0.6) is 0 Å². The van der Waals surface area contributed by atoms with E-state index in [1.807, 2.05) is 0 Å². The molecule has 13 aromatic rings. The van der Waals surface area contributed by atoms with E-state index in [0.717, 1.165) is 28.2 Å². The first-order valence-corrected chi connectivity index (χ1v) is 20.9. The molecule has 4 heteroatoms. The summed E-state index contributed by atoms with van der Waals surface area (Å²) in [7, 11) is 0. The Morgan fingerprint density at radius 1 is 0.397 bits per heavy atom. The highest BCUT2D eigenvalue weighted by Crippen LogP contribution is 2.48. The van der Waals surface area contributed by atoms with Crippen molar-refractivity contribution in [2.45, 2.75) is 38.0 Å². The normalized spacial score (nSPS) is 14.5. The highest BCUT2D eigenvalue weighted by Gasteiger charge is 2.26. The molecule has 0 aliphatic heterocycles. The van der Waals surface area contributed by atoms with Crippen LogP contribution in [0.4, 0.5) is 17.1 Å². The molecule has 1 fully saturated rings. The molecule has 5 aromatic heterocycles. The van der Waals surface area contributed by atoms with E-state index in [-0.39, 0.29) is 0 Å². The van der Waals surface area contributed by atoms with Crippen LogP contribution in [0.25, 0.3) is 98.1 Å². The zero-order valence-electron chi connectivity index (χ0n) is 31.9. The number of hydrogen-bond donors (Lipinski definition) is 0. The van der Waals surface area contributed by atoms with Crippen LogP contribution < -0.4 is 4.90 Å². The maximum absolute atomic E-state index is 7.07. The molecule has 5 heterocycles. The molecule has 14 rings (SSSR count). The second-order valence-corrected chi connectivity index (χ2v) is 16.7. The third-order valence-corrected chi connectivity index (χ3v) is 13.7. The van der Waals surface area contributed by atoms with Crippen LogP contribution in [-0.2, 0) is 0 Å². The van der Waals surface area contributed by atoms with Crippen molar-refractivity contribution >= 4 is 115 Å². The molecule has 1 aliphatic carbocycles. The molecule has 0 unspecified atom stereocenters. The number of rotatable bonds is 4. The van der Waals surface area contributed by atoms with Crippen molar-refractivity contribution in [3.63, 3.8) is 0 Å². The molecule has 8 aromatic carbocycles. The van der Waals surface area contributed by atoms with E-state index >= 15 is 0 Å². The maximum Gasteiger partial charge on any atom is 0.159 e. The van der Waals surface area contributed by atoms with Gasteiger partial charge in [-0.15, -0.1) is 0 Å². The lowest BCUT2D eigenvalue weighted by Crippen LogP contribution is -2.10. The van der Waals surface area contributed by atoms with E-state index in [4.69, 9.17) is 4.42 Å². The van der Waals surface area contributed by atoms with Gasteiger partial charge in [-0.3, -0.25) is 0 Å². The molecule has 4 nitrogen and oxygen atoms in total. The smallest absolute Gasteiger partial charge is 0.159 e. The van der Waals surface area contributed by atoms with Crippen LogP contribution in [0.2, 0.25) is 0 Å². The fourth-order valence-corrected chi connectivity index (χ4v) is 11.3. The summed E-state index contributed by atoms with van der Waals surface area (Å²) in [4.78, 5) is 2.39. The molecular formula is C54H37N3O. The fraction of sp³-hybridized carbons (Fsp3) is 0.111. The van der Waals surface area contributed by atoms with E-state index in [1.54, 1.807) is 0 Å². The summed E-state index contributed by atoms with van der Waals surface area (Å²) >= 11 is 0. The quantitative estimate of drug-likeness (QED) is 0.179. The first-order valence-electron chi connectivity index (χ1n) is 20.9. The number of benzene rings is 8. The van der Waals surface area contributed by atoms with Crippen molar-refractivity contribution in [1.82, 2.24) is 8.80 Å². The van der Waals surface area contributed by atoms with Crippen molar-refractivity contribution in [1.29, 1.82) is 0 Å². The van der Waals surface area contributed by atoms with E-state index in [2.05, 4.69) is 171 Å². The van der Waals surface area contributed by atoms with Gasteiger partial charge in [-0.05, 0) is 78.9 Å². The Morgan fingerprint density at radius 2 is 0.948 bits per heavy atom. The predicted molar refractivity (Wildman–Crippen MR) is 244 cm³/mol. The second kappa shape index (κ2) is 11.3. The average molecular weight is 744 g/mol. The molecule has 0 N–H and O–H groups in total. The van der Waals surface area contributed by atoms with Crippen LogP contribution in [0, 0.1) is 0 Å². The van der Waals surface area contributed by atoms with Gasteiger partial charge in [-0.2, -0.15) is 0 Å². The van der Waals surface area contributed by atoms with Crippen LogP contribution in [0.1, 0.15) is 43.6 Å². The van der Waals surface area contributed by atoms with Crippen LogP contribution in [0.15, 0.2) is 162 Å². The topological polar surface area (TPSA) is 25.2 Å². The summed E-state index contributed by atoms with van der Waals surface area (Å²) in [5, 5.41) is 12.7. The summed E-state index contributed by atoms with van der Waals surface area (Å²) < 4.78 is 12.1. The number of nitrogens with zero attached hydrogens (tertiary/aromatic N) is 3. The maximum atomic E-state index is 7.07. The van der Waals surface area contributed by atoms with Gasteiger partial charge < -0.3 is 18.1 Å². The lowest BCUT2D eigenvalue weighted by Gasteiger charge is -2.25. The van der Waals surface area contributed by atoms with Crippen molar-refractivity contribution in [3.8, 4) is 0 Å². The van der Waals surface area contributed by atoms with Crippen molar-refractivity contribution in [2.24, 2.45) is 0 Å². The number of fused-ring (bicyclic) bond motifs is 15. The van der Waals surface area contributed by atoms with Gasteiger partial charge in [0.15, 0.2) is 5.58 Å². The van der Waals surface area contributed by atoms with Crippen LogP contribution in [-0.4, -0.2) is 8.80 Å². The predicted octanol–water partition coefficient (Wildman–Crippen LogP) is 15.4. The molecule has 0 radical (unpaired) electrons. The standard InChI is InChI=1S/C54H37N3O/c1-3-13-32(14-4-1)35-18-9-23-41-42-24-12-26-48(54(42)58-53(35)41)55(33-15-5-2-6-16-33)34-27-28-47-43(29-34)38-20-11-22-40-45-30-49-44(31-50(45)57(47)52(38)40)39-21-10-19-37-36-17-7-8-25-46(36)56(49)51(37)39/h2,5-12,15-32H,1,3-4,13-14H2. The zero-order valence-corrected chi connectivity index (χ0v) is 31.9. The van der Waals surface area contributed by atoms with Crippen LogP contribution >= 0.6 is 0 Å². The van der Waals surface area contributed by atoms with Gasteiger partial charge in [0.2, 0.25) is 0 Å². The third-order valence-electron chi connectivity index (χ3n) is 13.7. The minimum Gasteiger partial charge on any atom is -0.454 e. The summed E-state index contributed by atoms with van der Waals surface area (Å²) in [6.45, 7) is 0. The Hall–Kier alpha value is -7.04. The monoisotopic (exact) mass is 743 g/mol. The number of para-hydroxylation sites is 6.